The molecule has 70 valence electrons. The molecule has 0 aromatic heterocycles. The molecule has 2 nitrogen and oxygen atoms in total. The summed E-state index contributed by atoms with van der Waals surface area (Å²) in [6, 6.07) is 6.25. The highest BCUT2D eigenvalue weighted by Gasteiger charge is 2.11. The average molecular weight is 177 g/mol. The Kier molecular flexibility index (Phi) is 2.50. The molecule has 0 atom stereocenters. The number of hydrogen-bond acceptors (Lipinski definition) is 2. The van der Waals surface area contributed by atoms with Crippen molar-refractivity contribution < 1.29 is 4.74 Å². The van der Waals surface area contributed by atoms with E-state index >= 15 is 0 Å². The summed E-state index contributed by atoms with van der Waals surface area (Å²) in [7, 11) is 0. The van der Waals surface area contributed by atoms with E-state index in [0.717, 1.165) is 30.8 Å². The molecule has 1 aromatic carbocycles. The Morgan fingerprint density at radius 2 is 2.23 bits per heavy atom. The second-order valence-electron chi connectivity index (χ2n) is 3.42. The fourth-order valence-corrected chi connectivity index (χ4v) is 1.77. The average Bonchev–Trinajstić information content (AvgIpc) is 2.41. The first-order valence-electron chi connectivity index (χ1n) is 4.85. The van der Waals surface area contributed by atoms with Crippen molar-refractivity contribution in [3.63, 3.8) is 0 Å². The Labute approximate surface area is 78.7 Å². The van der Waals surface area contributed by atoms with Gasteiger partial charge in [0.1, 0.15) is 5.75 Å². The Balaban J connectivity index is 2.40. The van der Waals surface area contributed by atoms with Crippen molar-refractivity contribution in [1.29, 1.82) is 0 Å². The van der Waals surface area contributed by atoms with E-state index in [1.807, 2.05) is 6.07 Å². The monoisotopic (exact) mass is 177 g/mol. The van der Waals surface area contributed by atoms with E-state index < -0.39 is 0 Å². The van der Waals surface area contributed by atoms with Crippen molar-refractivity contribution in [3.8, 4) is 5.75 Å². The van der Waals surface area contributed by atoms with Gasteiger partial charge in [0.25, 0.3) is 0 Å². The minimum Gasteiger partial charge on any atom is -0.493 e. The normalized spacial score (nSPS) is 15.8. The third-order valence-electron chi connectivity index (χ3n) is 2.48. The standard InChI is InChI=1S/C11H15NO/c12-8-10-6-3-5-9-4-1-2-7-13-11(9)10/h3,5-6H,1-2,4,7-8,12H2. The Morgan fingerprint density at radius 3 is 3.08 bits per heavy atom. The molecule has 0 amide bonds. The van der Waals surface area contributed by atoms with Gasteiger partial charge in [-0.05, 0) is 24.8 Å². The van der Waals surface area contributed by atoms with E-state index in [0.29, 0.717) is 6.54 Å². The van der Waals surface area contributed by atoms with Crippen LogP contribution >= 0.6 is 0 Å². The van der Waals surface area contributed by atoms with Gasteiger partial charge in [0.05, 0.1) is 6.61 Å². The summed E-state index contributed by atoms with van der Waals surface area (Å²) >= 11 is 0. The van der Waals surface area contributed by atoms with Gasteiger partial charge in [-0.25, -0.2) is 0 Å². The number of nitrogens with two attached hydrogens (primary N) is 1. The molecule has 13 heavy (non-hydrogen) atoms. The van der Waals surface area contributed by atoms with E-state index in [1.165, 1.54) is 12.0 Å². The van der Waals surface area contributed by atoms with E-state index in [-0.39, 0.29) is 0 Å². The van der Waals surface area contributed by atoms with Crippen molar-refractivity contribution in [3.05, 3.63) is 29.3 Å². The maximum atomic E-state index is 5.69. The zero-order valence-electron chi connectivity index (χ0n) is 7.75. The van der Waals surface area contributed by atoms with Gasteiger partial charge in [-0.1, -0.05) is 18.2 Å². The first-order chi connectivity index (χ1) is 6.42. The van der Waals surface area contributed by atoms with Crippen molar-refractivity contribution in [2.45, 2.75) is 25.8 Å². The van der Waals surface area contributed by atoms with Crippen LogP contribution in [0.4, 0.5) is 0 Å². The van der Waals surface area contributed by atoms with E-state index in [9.17, 15) is 0 Å². The second kappa shape index (κ2) is 3.79. The van der Waals surface area contributed by atoms with Gasteiger partial charge in [-0.3, -0.25) is 0 Å². The Hall–Kier alpha value is -1.02. The number of benzene rings is 1. The third-order valence-corrected chi connectivity index (χ3v) is 2.48. The van der Waals surface area contributed by atoms with Gasteiger partial charge in [0.2, 0.25) is 0 Å². The van der Waals surface area contributed by atoms with Crippen molar-refractivity contribution >= 4 is 0 Å². The Bertz CT molecular complexity index is 296. The van der Waals surface area contributed by atoms with Gasteiger partial charge >= 0.3 is 0 Å². The molecule has 1 heterocycles. The predicted molar refractivity (Wildman–Crippen MR) is 52.8 cm³/mol. The molecule has 0 spiro atoms. The van der Waals surface area contributed by atoms with E-state index in [1.54, 1.807) is 0 Å². The lowest BCUT2D eigenvalue weighted by atomic mass is 10.0. The number of rotatable bonds is 1. The van der Waals surface area contributed by atoms with Gasteiger partial charge in [0.15, 0.2) is 0 Å². The first kappa shape index (κ1) is 8.57. The highest BCUT2D eigenvalue weighted by molar-refractivity contribution is 5.42. The maximum absolute atomic E-state index is 5.69. The van der Waals surface area contributed by atoms with Crippen molar-refractivity contribution in [2.24, 2.45) is 5.73 Å². The SMILES string of the molecule is NCc1cccc2c1OCCCC2. The molecule has 1 aliphatic heterocycles. The quantitative estimate of drug-likeness (QED) is 0.710. The van der Waals surface area contributed by atoms with Crippen LogP contribution in [0.3, 0.4) is 0 Å². The number of ether oxygens (including phenoxy) is 1. The van der Waals surface area contributed by atoms with Crippen LogP contribution in [0, 0.1) is 0 Å². The van der Waals surface area contributed by atoms with Crippen molar-refractivity contribution in [2.75, 3.05) is 6.61 Å². The van der Waals surface area contributed by atoms with Crippen LogP contribution < -0.4 is 10.5 Å². The van der Waals surface area contributed by atoms with Gasteiger partial charge in [0, 0.05) is 12.1 Å². The number of hydrogen-bond donors (Lipinski definition) is 1. The zero-order chi connectivity index (χ0) is 9.10. The van der Waals surface area contributed by atoms with Crippen LogP contribution in [-0.4, -0.2) is 6.61 Å². The number of aryl methyl sites for hydroxylation is 1. The summed E-state index contributed by atoms with van der Waals surface area (Å²) in [5.41, 5.74) is 8.10. The maximum Gasteiger partial charge on any atom is 0.126 e. The summed E-state index contributed by atoms with van der Waals surface area (Å²) in [4.78, 5) is 0. The lowest BCUT2D eigenvalue weighted by Gasteiger charge is -2.10. The summed E-state index contributed by atoms with van der Waals surface area (Å²) in [5, 5.41) is 0. The topological polar surface area (TPSA) is 35.2 Å². The van der Waals surface area contributed by atoms with Crippen LogP contribution in [0.15, 0.2) is 18.2 Å². The van der Waals surface area contributed by atoms with Crippen LogP contribution in [0.1, 0.15) is 24.0 Å². The molecule has 1 aliphatic rings. The van der Waals surface area contributed by atoms with Crippen LogP contribution in [0.5, 0.6) is 5.75 Å². The van der Waals surface area contributed by atoms with E-state index in [4.69, 9.17) is 10.5 Å². The lowest BCUT2D eigenvalue weighted by molar-refractivity contribution is 0.314. The molecule has 2 N–H and O–H groups in total. The molecule has 0 bridgehead atoms. The number of fused-ring (bicyclic) bond motifs is 1. The molecule has 2 rings (SSSR count). The minimum absolute atomic E-state index is 0.573. The predicted octanol–water partition coefficient (Wildman–Crippen LogP) is 1.86. The van der Waals surface area contributed by atoms with E-state index in [2.05, 4.69) is 12.1 Å². The highest BCUT2D eigenvalue weighted by atomic mass is 16.5. The molecule has 1 aromatic rings. The summed E-state index contributed by atoms with van der Waals surface area (Å²) in [6.07, 6.45) is 3.50. The van der Waals surface area contributed by atoms with Gasteiger partial charge in [-0.15, -0.1) is 0 Å². The Morgan fingerprint density at radius 1 is 1.31 bits per heavy atom. The summed E-state index contributed by atoms with van der Waals surface area (Å²) < 4.78 is 5.69. The van der Waals surface area contributed by atoms with Gasteiger partial charge in [-0.2, -0.15) is 0 Å². The molecule has 0 aliphatic carbocycles. The molecule has 0 radical (unpaired) electrons. The first-order valence-corrected chi connectivity index (χ1v) is 4.85. The fourth-order valence-electron chi connectivity index (χ4n) is 1.77. The minimum atomic E-state index is 0.573. The molecule has 0 unspecified atom stereocenters. The second-order valence-corrected chi connectivity index (χ2v) is 3.42. The lowest BCUT2D eigenvalue weighted by Crippen LogP contribution is -2.03. The molecular weight excluding hydrogens is 162 g/mol. The molecule has 0 saturated carbocycles. The van der Waals surface area contributed by atoms with Crippen molar-refractivity contribution in [1.82, 2.24) is 0 Å². The number of para-hydroxylation sites is 1. The van der Waals surface area contributed by atoms with Gasteiger partial charge < -0.3 is 10.5 Å². The van der Waals surface area contributed by atoms with Crippen LogP contribution in [0.25, 0.3) is 0 Å². The summed E-state index contributed by atoms with van der Waals surface area (Å²) in [6.45, 7) is 1.41. The third kappa shape index (κ3) is 1.68. The smallest absolute Gasteiger partial charge is 0.126 e. The van der Waals surface area contributed by atoms with Crippen LogP contribution in [-0.2, 0) is 13.0 Å². The molecular formula is C11H15NO. The summed E-state index contributed by atoms with van der Waals surface area (Å²) in [5.74, 6) is 1.04. The van der Waals surface area contributed by atoms with Crippen LogP contribution in [0.2, 0.25) is 0 Å². The zero-order valence-corrected chi connectivity index (χ0v) is 7.75. The molecule has 0 saturated heterocycles. The highest BCUT2D eigenvalue weighted by Crippen LogP contribution is 2.27. The fraction of sp³-hybridized carbons (Fsp3) is 0.455. The largest absolute Gasteiger partial charge is 0.493 e. The molecule has 2 heteroatoms. The molecule has 0 fully saturated rings.